The van der Waals surface area contributed by atoms with Crippen LogP contribution in [0.5, 0.6) is 0 Å². The van der Waals surface area contributed by atoms with E-state index in [2.05, 4.69) is 0 Å². The molecule has 0 fully saturated rings. The Kier molecular flexibility index (Phi) is 5.48. The summed E-state index contributed by atoms with van der Waals surface area (Å²) >= 11 is 0. The normalized spacial score (nSPS) is 10.1. The van der Waals surface area contributed by atoms with Crippen LogP contribution in [0.15, 0.2) is 18.2 Å². The van der Waals surface area contributed by atoms with Crippen LogP contribution in [0.4, 0.5) is 4.39 Å². The second-order valence-corrected chi connectivity index (χ2v) is 4.27. The summed E-state index contributed by atoms with van der Waals surface area (Å²) in [6, 6.07) is 4.37. The molecule has 0 heterocycles. The van der Waals surface area contributed by atoms with E-state index >= 15 is 0 Å². The number of esters is 1. The lowest BCUT2D eigenvalue weighted by Gasteiger charge is -2.17. The van der Waals surface area contributed by atoms with Gasteiger partial charge in [-0.05, 0) is 26.0 Å². The summed E-state index contributed by atoms with van der Waals surface area (Å²) in [6.07, 6.45) is 0.101. The number of carbonyl (C=O) groups is 2. The number of amides is 1. The smallest absolute Gasteiger partial charge is 0.307 e. The summed E-state index contributed by atoms with van der Waals surface area (Å²) in [4.78, 5) is 24.5. The summed E-state index contributed by atoms with van der Waals surface area (Å²) in [6.45, 7) is 4.01. The van der Waals surface area contributed by atoms with Crippen LogP contribution in [0.2, 0.25) is 0 Å². The highest BCUT2D eigenvalue weighted by molar-refractivity contribution is 5.94. The lowest BCUT2D eigenvalue weighted by molar-refractivity contribution is -0.143. The molecule has 0 aliphatic heterocycles. The third kappa shape index (κ3) is 4.35. The summed E-state index contributed by atoms with van der Waals surface area (Å²) in [7, 11) is 1.53. The van der Waals surface area contributed by atoms with E-state index in [0.717, 1.165) is 5.56 Å². The van der Waals surface area contributed by atoms with E-state index in [1.54, 1.807) is 19.9 Å². The predicted molar refractivity (Wildman–Crippen MR) is 69.3 cm³/mol. The maximum atomic E-state index is 13.6. The fourth-order valence-corrected chi connectivity index (χ4v) is 1.60. The maximum absolute atomic E-state index is 13.6. The van der Waals surface area contributed by atoms with Crippen LogP contribution in [0, 0.1) is 12.7 Å². The highest BCUT2D eigenvalue weighted by atomic mass is 19.1. The molecule has 0 saturated heterocycles. The molecule has 0 atom stereocenters. The Balaban J connectivity index is 2.66. The Hall–Kier alpha value is -1.91. The van der Waals surface area contributed by atoms with Gasteiger partial charge in [-0.25, -0.2) is 4.39 Å². The third-order valence-electron chi connectivity index (χ3n) is 2.66. The molecule has 0 aromatic heterocycles. The van der Waals surface area contributed by atoms with Gasteiger partial charge < -0.3 is 9.64 Å². The maximum Gasteiger partial charge on any atom is 0.307 e. The fraction of sp³-hybridized carbons (Fsp3) is 0.429. The van der Waals surface area contributed by atoms with Crippen molar-refractivity contribution in [1.82, 2.24) is 4.90 Å². The third-order valence-corrected chi connectivity index (χ3v) is 2.66. The first-order valence-corrected chi connectivity index (χ1v) is 6.13. The topological polar surface area (TPSA) is 46.6 Å². The molecule has 0 N–H and O–H groups in total. The molecule has 0 aliphatic carbocycles. The number of halogens is 1. The highest BCUT2D eigenvalue weighted by Gasteiger charge is 2.17. The minimum absolute atomic E-state index is 0.0198. The standard InChI is InChI=1S/C14H18FNO3/c1-4-19-13(17)7-8-16(3)14(18)11-9-10(2)5-6-12(11)15/h5-6,9H,4,7-8H2,1-3H3. The number of benzene rings is 1. The van der Waals surface area contributed by atoms with Gasteiger partial charge in [-0.2, -0.15) is 0 Å². The fourth-order valence-electron chi connectivity index (χ4n) is 1.60. The van der Waals surface area contributed by atoms with Crippen molar-refractivity contribution in [3.8, 4) is 0 Å². The average molecular weight is 267 g/mol. The van der Waals surface area contributed by atoms with Gasteiger partial charge in [-0.3, -0.25) is 9.59 Å². The molecule has 4 nitrogen and oxygen atoms in total. The van der Waals surface area contributed by atoms with Gasteiger partial charge in [0, 0.05) is 13.6 Å². The number of nitrogens with zero attached hydrogens (tertiary/aromatic N) is 1. The lowest BCUT2D eigenvalue weighted by atomic mass is 10.1. The Morgan fingerprint density at radius 2 is 2.05 bits per heavy atom. The van der Waals surface area contributed by atoms with Crippen molar-refractivity contribution >= 4 is 11.9 Å². The van der Waals surface area contributed by atoms with E-state index in [0.29, 0.717) is 6.61 Å². The van der Waals surface area contributed by atoms with Gasteiger partial charge in [0.1, 0.15) is 5.82 Å². The largest absolute Gasteiger partial charge is 0.466 e. The molecular formula is C14H18FNO3. The van der Waals surface area contributed by atoms with Crippen LogP contribution >= 0.6 is 0 Å². The first-order chi connectivity index (χ1) is 8.95. The minimum atomic E-state index is -0.557. The highest BCUT2D eigenvalue weighted by Crippen LogP contribution is 2.12. The number of hydrogen-bond acceptors (Lipinski definition) is 3. The molecule has 0 unspecified atom stereocenters. The van der Waals surface area contributed by atoms with Crippen LogP contribution in [-0.4, -0.2) is 37.0 Å². The summed E-state index contributed by atoms with van der Waals surface area (Å²) in [5.41, 5.74) is 0.829. The molecule has 0 aliphatic rings. The molecule has 1 aromatic rings. The van der Waals surface area contributed by atoms with Gasteiger partial charge in [0.2, 0.25) is 0 Å². The Morgan fingerprint density at radius 1 is 1.37 bits per heavy atom. The zero-order valence-corrected chi connectivity index (χ0v) is 11.4. The van der Waals surface area contributed by atoms with Crippen molar-refractivity contribution in [3.63, 3.8) is 0 Å². The first kappa shape index (κ1) is 15.1. The number of hydrogen-bond donors (Lipinski definition) is 0. The zero-order chi connectivity index (χ0) is 14.4. The van der Waals surface area contributed by atoms with Gasteiger partial charge in [-0.1, -0.05) is 11.6 Å². The molecule has 19 heavy (non-hydrogen) atoms. The van der Waals surface area contributed by atoms with E-state index in [9.17, 15) is 14.0 Å². The Labute approximate surface area is 112 Å². The van der Waals surface area contributed by atoms with Crippen molar-refractivity contribution < 1.29 is 18.7 Å². The van der Waals surface area contributed by atoms with Crippen molar-refractivity contribution in [1.29, 1.82) is 0 Å². The quantitative estimate of drug-likeness (QED) is 0.768. The molecule has 1 aromatic carbocycles. The van der Waals surface area contributed by atoms with Crippen molar-refractivity contribution in [3.05, 3.63) is 35.1 Å². The van der Waals surface area contributed by atoms with E-state index < -0.39 is 11.7 Å². The van der Waals surface area contributed by atoms with Gasteiger partial charge in [0.25, 0.3) is 5.91 Å². The summed E-state index contributed by atoms with van der Waals surface area (Å²) in [5, 5.41) is 0. The van der Waals surface area contributed by atoms with Crippen molar-refractivity contribution in [2.24, 2.45) is 0 Å². The lowest BCUT2D eigenvalue weighted by Crippen LogP contribution is -2.30. The monoisotopic (exact) mass is 267 g/mol. The Morgan fingerprint density at radius 3 is 2.68 bits per heavy atom. The predicted octanol–water partition coefficient (Wildman–Crippen LogP) is 2.16. The van der Waals surface area contributed by atoms with Gasteiger partial charge in [0.05, 0.1) is 18.6 Å². The second kappa shape index (κ2) is 6.87. The van der Waals surface area contributed by atoms with Crippen LogP contribution in [0.3, 0.4) is 0 Å². The number of rotatable bonds is 5. The minimum Gasteiger partial charge on any atom is -0.466 e. The van der Waals surface area contributed by atoms with E-state index in [-0.39, 0.29) is 24.5 Å². The molecule has 104 valence electrons. The van der Waals surface area contributed by atoms with Gasteiger partial charge >= 0.3 is 5.97 Å². The van der Waals surface area contributed by atoms with Crippen LogP contribution in [-0.2, 0) is 9.53 Å². The number of aryl methyl sites for hydroxylation is 1. The molecule has 0 spiro atoms. The summed E-state index contributed by atoms with van der Waals surface area (Å²) in [5.74, 6) is -1.36. The van der Waals surface area contributed by atoms with E-state index in [1.807, 2.05) is 0 Å². The average Bonchev–Trinajstić information content (AvgIpc) is 2.38. The van der Waals surface area contributed by atoms with Crippen LogP contribution in [0.1, 0.15) is 29.3 Å². The van der Waals surface area contributed by atoms with Crippen molar-refractivity contribution in [2.45, 2.75) is 20.3 Å². The summed E-state index contributed by atoms with van der Waals surface area (Å²) < 4.78 is 18.3. The molecular weight excluding hydrogens is 249 g/mol. The first-order valence-electron chi connectivity index (χ1n) is 6.13. The Bertz CT molecular complexity index is 474. The van der Waals surface area contributed by atoms with Gasteiger partial charge in [0.15, 0.2) is 0 Å². The molecule has 0 saturated carbocycles. The van der Waals surface area contributed by atoms with E-state index in [4.69, 9.17) is 4.74 Å². The van der Waals surface area contributed by atoms with Gasteiger partial charge in [-0.15, -0.1) is 0 Å². The molecule has 0 bridgehead atoms. The number of carbonyl (C=O) groups excluding carboxylic acids is 2. The van der Waals surface area contributed by atoms with Crippen LogP contribution in [0.25, 0.3) is 0 Å². The molecule has 5 heteroatoms. The molecule has 1 amide bonds. The number of ether oxygens (including phenoxy) is 1. The zero-order valence-electron chi connectivity index (χ0n) is 11.4. The molecule has 0 radical (unpaired) electrons. The van der Waals surface area contributed by atoms with Crippen molar-refractivity contribution in [2.75, 3.05) is 20.2 Å². The second-order valence-electron chi connectivity index (χ2n) is 4.27. The SMILES string of the molecule is CCOC(=O)CCN(C)C(=O)c1cc(C)ccc1F. The van der Waals surface area contributed by atoms with E-state index in [1.165, 1.54) is 24.1 Å². The molecule has 1 rings (SSSR count). The van der Waals surface area contributed by atoms with Crippen LogP contribution < -0.4 is 0 Å².